The summed E-state index contributed by atoms with van der Waals surface area (Å²) in [6.07, 6.45) is 9.47. The van der Waals surface area contributed by atoms with Gasteiger partial charge < -0.3 is 9.80 Å². The molecule has 0 spiro atoms. The molecular formula is C17H28N4. The lowest BCUT2D eigenvalue weighted by Crippen LogP contribution is -2.40. The number of nitrogens with zero attached hydrogens (tertiary/aromatic N) is 4. The van der Waals surface area contributed by atoms with Crippen LogP contribution in [0.15, 0.2) is 12.4 Å². The second-order valence-electron chi connectivity index (χ2n) is 6.66. The fraction of sp³-hybridized carbons (Fsp3) is 0.765. The van der Waals surface area contributed by atoms with Gasteiger partial charge in [0.1, 0.15) is 18.0 Å². The van der Waals surface area contributed by atoms with Crippen LogP contribution in [-0.4, -0.2) is 35.6 Å². The van der Waals surface area contributed by atoms with E-state index in [0.717, 1.165) is 37.2 Å². The van der Waals surface area contributed by atoms with Crippen LogP contribution in [0.1, 0.15) is 52.4 Å². The molecule has 0 saturated carbocycles. The maximum atomic E-state index is 4.56. The summed E-state index contributed by atoms with van der Waals surface area (Å²) in [7, 11) is 0. The minimum atomic E-state index is 0.655. The molecule has 21 heavy (non-hydrogen) atoms. The summed E-state index contributed by atoms with van der Waals surface area (Å²) in [4.78, 5) is 14.0. The molecule has 4 heteroatoms. The van der Waals surface area contributed by atoms with Gasteiger partial charge in [0.25, 0.3) is 0 Å². The van der Waals surface area contributed by atoms with Crippen molar-refractivity contribution < 1.29 is 0 Å². The predicted octanol–water partition coefficient (Wildman–Crippen LogP) is 3.48. The quantitative estimate of drug-likeness (QED) is 0.852. The second kappa shape index (κ2) is 6.63. The first-order valence-corrected chi connectivity index (χ1v) is 8.61. The van der Waals surface area contributed by atoms with Gasteiger partial charge in [-0.05, 0) is 44.4 Å². The lowest BCUT2D eigenvalue weighted by atomic mass is 9.99. The van der Waals surface area contributed by atoms with Crippen molar-refractivity contribution in [3.63, 3.8) is 0 Å². The van der Waals surface area contributed by atoms with Crippen molar-refractivity contribution in [2.45, 2.75) is 58.4 Å². The molecule has 2 saturated heterocycles. The van der Waals surface area contributed by atoms with Crippen LogP contribution in [0.25, 0.3) is 0 Å². The van der Waals surface area contributed by atoms with Crippen molar-refractivity contribution in [2.24, 2.45) is 5.92 Å². The third-order valence-corrected chi connectivity index (χ3v) is 5.14. The molecule has 1 aromatic rings. The first-order chi connectivity index (χ1) is 10.3. The number of aromatic nitrogens is 2. The van der Waals surface area contributed by atoms with Gasteiger partial charge in [-0.1, -0.05) is 13.8 Å². The van der Waals surface area contributed by atoms with Crippen LogP contribution in [0.5, 0.6) is 0 Å². The lowest BCUT2D eigenvalue weighted by molar-refractivity contribution is 0.435. The fourth-order valence-electron chi connectivity index (χ4n) is 3.63. The number of anilines is 2. The third-order valence-electron chi connectivity index (χ3n) is 5.14. The maximum Gasteiger partial charge on any atom is 0.134 e. The van der Waals surface area contributed by atoms with Crippen LogP contribution < -0.4 is 9.80 Å². The van der Waals surface area contributed by atoms with Crippen molar-refractivity contribution in [3.8, 4) is 0 Å². The van der Waals surface area contributed by atoms with Gasteiger partial charge in [-0.2, -0.15) is 0 Å². The molecule has 0 aromatic carbocycles. The van der Waals surface area contributed by atoms with Crippen LogP contribution in [-0.2, 0) is 0 Å². The van der Waals surface area contributed by atoms with Gasteiger partial charge >= 0.3 is 0 Å². The Bertz CT molecular complexity index is 454. The SMILES string of the molecule is CCC1CCCCN1c1cc(N2CCC(C)CC2)ncn1. The Morgan fingerprint density at radius 1 is 1.05 bits per heavy atom. The van der Waals surface area contributed by atoms with E-state index in [1.165, 1.54) is 38.5 Å². The summed E-state index contributed by atoms with van der Waals surface area (Å²) < 4.78 is 0. The molecule has 1 atom stereocenters. The van der Waals surface area contributed by atoms with Crippen LogP contribution >= 0.6 is 0 Å². The van der Waals surface area contributed by atoms with Crippen LogP contribution in [0, 0.1) is 5.92 Å². The molecular weight excluding hydrogens is 260 g/mol. The average Bonchev–Trinajstić information content (AvgIpc) is 2.55. The van der Waals surface area contributed by atoms with Gasteiger partial charge in [0.05, 0.1) is 0 Å². The molecule has 0 amide bonds. The van der Waals surface area contributed by atoms with Crippen molar-refractivity contribution in [1.29, 1.82) is 0 Å². The summed E-state index contributed by atoms with van der Waals surface area (Å²) >= 11 is 0. The summed E-state index contributed by atoms with van der Waals surface area (Å²) in [5.41, 5.74) is 0. The van der Waals surface area contributed by atoms with Crippen LogP contribution in [0.3, 0.4) is 0 Å². The second-order valence-corrected chi connectivity index (χ2v) is 6.66. The van der Waals surface area contributed by atoms with Crippen molar-refractivity contribution >= 4 is 11.6 Å². The standard InChI is InChI=1S/C17H28N4/c1-3-15-6-4-5-9-21(15)17-12-16(18-13-19-17)20-10-7-14(2)8-11-20/h12-15H,3-11H2,1-2H3. The summed E-state index contributed by atoms with van der Waals surface area (Å²) in [6, 6.07) is 2.87. The molecule has 116 valence electrons. The minimum absolute atomic E-state index is 0.655. The predicted molar refractivity (Wildman–Crippen MR) is 87.9 cm³/mol. The van der Waals surface area contributed by atoms with E-state index < -0.39 is 0 Å². The van der Waals surface area contributed by atoms with E-state index in [4.69, 9.17) is 0 Å². The number of rotatable bonds is 3. The number of hydrogen-bond acceptors (Lipinski definition) is 4. The van der Waals surface area contributed by atoms with Crippen LogP contribution in [0.2, 0.25) is 0 Å². The molecule has 2 fully saturated rings. The van der Waals surface area contributed by atoms with E-state index in [9.17, 15) is 0 Å². The highest BCUT2D eigenvalue weighted by molar-refractivity contribution is 5.51. The molecule has 2 aliphatic heterocycles. The Balaban J connectivity index is 1.76. The molecule has 3 heterocycles. The van der Waals surface area contributed by atoms with Crippen LogP contribution in [0.4, 0.5) is 11.6 Å². The van der Waals surface area contributed by atoms with Gasteiger partial charge in [0.15, 0.2) is 0 Å². The molecule has 2 aliphatic rings. The Morgan fingerprint density at radius 3 is 2.57 bits per heavy atom. The van der Waals surface area contributed by atoms with E-state index in [-0.39, 0.29) is 0 Å². The smallest absolute Gasteiger partial charge is 0.134 e. The fourth-order valence-corrected chi connectivity index (χ4v) is 3.63. The topological polar surface area (TPSA) is 32.3 Å². The Hall–Kier alpha value is -1.32. The largest absolute Gasteiger partial charge is 0.356 e. The van der Waals surface area contributed by atoms with Crippen molar-refractivity contribution in [1.82, 2.24) is 9.97 Å². The molecule has 4 nitrogen and oxygen atoms in total. The van der Waals surface area contributed by atoms with Gasteiger partial charge in [-0.15, -0.1) is 0 Å². The number of hydrogen-bond donors (Lipinski definition) is 0. The van der Waals surface area contributed by atoms with E-state index in [0.29, 0.717) is 6.04 Å². The molecule has 0 aliphatic carbocycles. The third kappa shape index (κ3) is 3.30. The highest BCUT2D eigenvalue weighted by atomic mass is 15.2. The molecule has 0 bridgehead atoms. The average molecular weight is 288 g/mol. The first kappa shape index (κ1) is 14.6. The highest BCUT2D eigenvalue weighted by Gasteiger charge is 2.23. The molecule has 3 rings (SSSR count). The zero-order valence-electron chi connectivity index (χ0n) is 13.5. The monoisotopic (exact) mass is 288 g/mol. The molecule has 0 N–H and O–H groups in total. The van der Waals surface area contributed by atoms with E-state index in [1.807, 2.05) is 0 Å². The first-order valence-electron chi connectivity index (χ1n) is 8.61. The normalized spacial score (nSPS) is 24.4. The molecule has 0 radical (unpaired) electrons. The molecule has 1 aromatic heterocycles. The lowest BCUT2D eigenvalue weighted by Gasteiger charge is -2.37. The zero-order valence-corrected chi connectivity index (χ0v) is 13.5. The number of piperidine rings is 2. The Kier molecular flexibility index (Phi) is 4.61. The van der Waals surface area contributed by atoms with E-state index in [2.05, 4.69) is 39.7 Å². The summed E-state index contributed by atoms with van der Waals surface area (Å²) in [5.74, 6) is 3.10. The van der Waals surface area contributed by atoms with Gasteiger partial charge in [-0.25, -0.2) is 9.97 Å². The summed E-state index contributed by atoms with van der Waals surface area (Å²) in [6.45, 7) is 8.05. The van der Waals surface area contributed by atoms with Gasteiger partial charge in [0.2, 0.25) is 0 Å². The maximum absolute atomic E-state index is 4.56. The minimum Gasteiger partial charge on any atom is -0.356 e. The summed E-state index contributed by atoms with van der Waals surface area (Å²) in [5, 5.41) is 0. The Morgan fingerprint density at radius 2 is 1.81 bits per heavy atom. The van der Waals surface area contributed by atoms with E-state index >= 15 is 0 Å². The Labute approximate surface area is 128 Å². The zero-order chi connectivity index (χ0) is 14.7. The van der Waals surface area contributed by atoms with Gasteiger partial charge in [0, 0.05) is 31.7 Å². The molecule has 1 unspecified atom stereocenters. The van der Waals surface area contributed by atoms with Gasteiger partial charge in [-0.3, -0.25) is 0 Å². The van der Waals surface area contributed by atoms with Crippen molar-refractivity contribution in [2.75, 3.05) is 29.4 Å². The van der Waals surface area contributed by atoms with E-state index in [1.54, 1.807) is 6.33 Å². The van der Waals surface area contributed by atoms with Crippen molar-refractivity contribution in [3.05, 3.63) is 12.4 Å². The highest BCUT2D eigenvalue weighted by Crippen LogP contribution is 2.28.